The van der Waals surface area contributed by atoms with Gasteiger partial charge in [0.2, 0.25) is 5.85 Å². The summed E-state index contributed by atoms with van der Waals surface area (Å²) in [5, 5.41) is 16.9. The molecule has 3 nitrogen and oxygen atoms in total. The van der Waals surface area contributed by atoms with Gasteiger partial charge in [0.1, 0.15) is 0 Å². The van der Waals surface area contributed by atoms with Crippen LogP contribution < -0.4 is 10.6 Å². The predicted octanol–water partition coefficient (Wildman–Crippen LogP) is 2.77. The van der Waals surface area contributed by atoms with Crippen LogP contribution in [-0.2, 0) is 12.4 Å². The van der Waals surface area contributed by atoms with Gasteiger partial charge in [-0.2, -0.15) is 0 Å². The molecular weight excluding hydrogens is 292 g/mol. The zero-order chi connectivity index (χ0) is 12.6. The molecule has 0 saturated heterocycles. The third kappa shape index (κ3) is 2.03. The fourth-order valence-corrected chi connectivity index (χ4v) is 2.55. The molecule has 2 aromatic rings. The van der Waals surface area contributed by atoms with E-state index in [1.807, 2.05) is 48.5 Å². The standard InChI is InChI=1S/C14H13BrN2O/c15-12-6-7-13-10(8-12)9-16-14(18,17-13)11-4-2-1-3-5-11/h1-8,16-18H,9H2. The van der Waals surface area contributed by atoms with Crippen molar-refractivity contribution < 1.29 is 5.11 Å². The summed E-state index contributed by atoms with van der Waals surface area (Å²) in [6, 6.07) is 15.5. The normalized spacial score (nSPS) is 22.1. The Labute approximate surface area is 114 Å². The second-order valence-corrected chi connectivity index (χ2v) is 5.27. The van der Waals surface area contributed by atoms with Crippen LogP contribution in [0.1, 0.15) is 11.1 Å². The molecule has 1 heterocycles. The summed E-state index contributed by atoms with van der Waals surface area (Å²) < 4.78 is 1.04. The highest BCUT2D eigenvalue weighted by molar-refractivity contribution is 9.10. The third-order valence-corrected chi connectivity index (χ3v) is 3.60. The first-order chi connectivity index (χ1) is 8.67. The van der Waals surface area contributed by atoms with Crippen molar-refractivity contribution in [2.24, 2.45) is 0 Å². The molecule has 1 aliphatic rings. The molecule has 3 N–H and O–H groups in total. The van der Waals surface area contributed by atoms with Gasteiger partial charge in [-0.15, -0.1) is 0 Å². The third-order valence-electron chi connectivity index (χ3n) is 3.11. The van der Waals surface area contributed by atoms with Gasteiger partial charge in [-0.05, 0) is 23.8 Å². The van der Waals surface area contributed by atoms with E-state index in [9.17, 15) is 5.11 Å². The van der Waals surface area contributed by atoms with Crippen LogP contribution in [0.15, 0.2) is 53.0 Å². The van der Waals surface area contributed by atoms with Crippen molar-refractivity contribution in [2.45, 2.75) is 12.4 Å². The lowest BCUT2D eigenvalue weighted by Gasteiger charge is -2.36. The molecule has 0 amide bonds. The van der Waals surface area contributed by atoms with Crippen molar-refractivity contribution in [1.82, 2.24) is 5.32 Å². The summed E-state index contributed by atoms with van der Waals surface area (Å²) in [5.41, 5.74) is 2.88. The first-order valence-corrected chi connectivity index (χ1v) is 6.56. The number of benzene rings is 2. The Kier molecular flexibility index (Phi) is 2.86. The molecule has 2 aromatic carbocycles. The Bertz CT molecular complexity index is 573. The van der Waals surface area contributed by atoms with Crippen LogP contribution in [0.25, 0.3) is 0 Å². The van der Waals surface area contributed by atoms with E-state index in [1.165, 1.54) is 0 Å². The van der Waals surface area contributed by atoms with E-state index in [1.54, 1.807) is 0 Å². The lowest BCUT2D eigenvalue weighted by atomic mass is 10.0. The van der Waals surface area contributed by atoms with Crippen LogP contribution in [0.4, 0.5) is 5.69 Å². The van der Waals surface area contributed by atoms with Crippen LogP contribution >= 0.6 is 15.9 Å². The van der Waals surface area contributed by atoms with Gasteiger partial charge in [-0.1, -0.05) is 46.3 Å². The smallest absolute Gasteiger partial charge is 0.221 e. The summed E-state index contributed by atoms with van der Waals surface area (Å²) in [5.74, 6) is -1.21. The summed E-state index contributed by atoms with van der Waals surface area (Å²) in [4.78, 5) is 0. The SMILES string of the molecule is OC1(c2ccccc2)NCc2cc(Br)ccc2N1. The highest BCUT2D eigenvalue weighted by Gasteiger charge is 2.32. The molecule has 4 heteroatoms. The molecule has 1 atom stereocenters. The highest BCUT2D eigenvalue weighted by atomic mass is 79.9. The topological polar surface area (TPSA) is 44.3 Å². The monoisotopic (exact) mass is 304 g/mol. The summed E-state index contributed by atoms with van der Waals surface area (Å²) in [6.45, 7) is 0.618. The lowest BCUT2D eigenvalue weighted by molar-refractivity contribution is 0.0235. The first-order valence-electron chi connectivity index (χ1n) is 5.77. The zero-order valence-corrected chi connectivity index (χ0v) is 11.2. The second-order valence-electron chi connectivity index (χ2n) is 4.36. The number of hydrogen-bond donors (Lipinski definition) is 3. The molecule has 1 unspecified atom stereocenters. The van der Waals surface area contributed by atoms with Gasteiger partial charge < -0.3 is 10.4 Å². The van der Waals surface area contributed by atoms with Crippen molar-refractivity contribution in [3.8, 4) is 0 Å². The van der Waals surface area contributed by atoms with E-state index in [0.29, 0.717) is 6.54 Å². The molecule has 3 rings (SSSR count). The number of anilines is 1. The summed E-state index contributed by atoms with van der Waals surface area (Å²) >= 11 is 3.45. The molecule has 0 saturated carbocycles. The predicted molar refractivity (Wildman–Crippen MR) is 74.9 cm³/mol. The van der Waals surface area contributed by atoms with Gasteiger partial charge in [0, 0.05) is 22.3 Å². The second kappa shape index (κ2) is 4.39. The van der Waals surface area contributed by atoms with Crippen molar-refractivity contribution in [3.63, 3.8) is 0 Å². The lowest BCUT2D eigenvalue weighted by Crippen LogP contribution is -2.51. The fourth-order valence-electron chi connectivity index (χ4n) is 2.15. The molecule has 92 valence electrons. The minimum atomic E-state index is -1.21. The number of aliphatic hydroxyl groups is 1. The molecule has 0 fully saturated rings. The molecule has 0 spiro atoms. The van der Waals surface area contributed by atoms with Crippen molar-refractivity contribution in [2.75, 3.05) is 5.32 Å². The minimum absolute atomic E-state index is 0.618. The molecule has 1 aliphatic heterocycles. The van der Waals surface area contributed by atoms with Gasteiger partial charge in [0.05, 0.1) is 0 Å². The van der Waals surface area contributed by atoms with E-state index in [0.717, 1.165) is 21.3 Å². The van der Waals surface area contributed by atoms with Crippen molar-refractivity contribution in [1.29, 1.82) is 0 Å². The Morgan fingerprint density at radius 1 is 1.11 bits per heavy atom. The molecule has 0 bridgehead atoms. The zero-order valence-electron chi connectivity index (χ0n) is 9.65. The van der Waals surface area contributed by atoms with Crippen molar-refractivity contribution in [3.05, 3.63) is 64.1 Å². The Hall–Kier alpha value is -1.36. The molecular formula is C14H13BrN2O. The van der Waals surface area contributed by atoms with Gasteiger partial charge in [-0.25, -0.2) is 0 Å². The molecule has 0 radical (unpaired) electrons. The molecule has 0 aliphatic carbocycles. The number of rotatable bonds is 1. The number of hydrogen-bond acceptors (Lipinski definition) is 3. The average molecular weight is 305 g/mol. The molecule has 18 heavy (non-hydrogen) atoms. The van der Waals surface area contributed by atoms with Crippen LogP contribution in [0, 0.1) is 0 Å². The van der Waals surface area contributed by atoms with Crippen LogP contribution in [-0.4, -0.2) is 5.11 Å². The van der Waals surface area contributed by atoms with E-state index in [2.05, 4.69) is 26.6 Å². The van der Waals surface area contributed by atoms with Gasteiger partial charge in [-0.3, -0.25) is 5.32 Å². The van der Waals surface area contributed by atoms with Gasteiger partial charge in [0.15, 0.2) is 0 Å². The van der Waals surface area contributed by atoms with E-state index in [4.69, 9.17) is 0 Å². The average Bonchev–Trinajstić information content (AvgIpc) is 2.40. The van der Waals surface area contributed by atoms with Crippen molar-refractivity contribution >= 4 is 21.6 Å². The summed E-state index contributed by atoms with van der Waals surface area (Å²) in [6.07, 6.45) is 0. The van der Waals surface area contributed by atoms with E-state index in [-0.39, 0.29) is 0 Å². The number of fused-ring (bicyclic) bond motifs is 1. The maximum Gasteiger partial charge on any atom is 0.221 e. The summed E-state index contributed by atoms with van der Waals surface area (Å²) in [7, 11) is 0. The Balaban J connectivity index is 1.97. The van der Waals surface area contributed by atoms with Crippen LogP contribution in [0.3, 0.4) is 0 Å². The van der Waals surface area contributed by atoms with Gasteiger partial charge >= 0.3 is 0 Å². The largest absolute Gasteiger partial charge is 0.355 e. The van der Waals surface area contributed by atoms with Crippen LogP contribution in [0.2, 0.25) is 0 Å². The maximum atomic E-state index is 10.6. The first kappa shape index (κ1) is 11.7. The Morgan fingerprint density at radius 2 is 1.89 bits per heavy atom. The quantitative estimate of drug-likeness (QED) is 0.759. The highest BCUT2D eigenvalue weighted by Crippen LogP contribution is 2.30. The number of nitrogens with one attached hydrogen (secondary N) is 2. The van der Waals surface area contributed by atoms with Crippen LogP contribution in [0.5, 0.6) is 0 Å². The molecule has 0 aromatic heterocycles. The fraction of sp³-hybridized carbons (Fsp3) is 0.143. The maximum absolute atomic E-state index is 10.6. The minimum Gasteiger partial charge on any atom is -0.355 e. The Morgan fingerprint density at radius 3 is 2.67 bits per heavy atom. The van der Waals surface area contributed by atoms with E-state index >= 15 is 0 Å². The van der Waals surface area contributed by atoms with Gasteiger partial charge in [0.25, 0.3) is 0 Å². The van der Waals surface area contributed by atoms with E-state index < -0.39 is 5.85 Å². The number of halogens is 1.